The Morgan fingerprint density at radius 1 is 1.27 bits per heavy atom. The number of fused-ring (bicyclic) bond motifs is 3. The monoisotopic (exact) mass is 402 g/mol. The summed E-state index contributed by atoms with van der Waals surface area (Å²) in [5.41, 5.74) is 4.86. The summed E-state index contributed by atoms with van der Waals surface area (Å²) in [6, 6.07) is 14.3. The van der Waals surface area contributed by atoms with Crippen molar-refractivity contribution < 1.29 is 4.74 Å². The third-order valence-electron chi connectivity index (χ3n) is 4.93. The van der Waals surface area contributed by atoms with E-state index in [4.69, 9.17) is 28.6 Å². The lowest BCUT2D eigenvalue weighted by Crippen LogP contribution is -2.38. The molecular weight excluding hydrogens is 384 g/mol. The number of benzene rings is 2. The molecule has 1 aromatic heterocycles. The number of aromatic amines is 1. The lowest BCUT2D eigenvalue weighted by molar-refractivity contribution is 0.345. The van der Waals surface area contributed by atoms with E-state index >= 15 is 0 Å². The van der Waals surface area contributed by atoms with E-state index in [1.807, 2.05) is 24.5 Å². The normalized spacial score (nSPS) is 16.6. The fourth-order valence-electron chi connectivity index (χ4n) is 3.71. The smallest absolute Gasteiger partial charge is 0.136 e. The lowest BCUT2D eigenvalue weighted by Gasteiger charge is -2.37. The van der Waals surface area contributed by atoms with Crippen molar-refractivity contribution in [1.29, 1.82) is 0 Å². The van der Waals surface area contributed by atoms with Gasteiger partial charge in [0.15, 0.2) is 0 Å². The van der Waals surface area contributed by atoms with E-state index in [0.29, 0.717) is 0 Å². The van der Waals surface area contributed by atoms with Gasteiger partial charge in [-0.1, -0.05) is 36.0 Å². The van der Waals surface area contributed by atoms with Gasteiger partial charge in [-0.05, 0) is 54.1 Å². The van der Waals surface area contributed by atoms with Gasteiger partial charge in [-0.25, -0.2) is 0 Å². The van der Waals surface area contributed by atoms with E-state index in [1.54, 1.807) is 18.9 Å². The van der Waals surface area contributed by atoms with Crippen LogP contribution in [0.3, 0.4) is 0 Å². The topological polar surface area (TPSA) is 28.3 Å². The number of hydrogen-bond acceptors (Lipinski definition) is 3. The van der Waals surface area contributed by atoms with Gasteiger partial charge in [0.2, 0.25) is 0 Å². The average molecular weight is 403 g/mol. The Balaban J connectivity index is 1.88. The Morgan fingerprint density at radius 2 is 2.04 bits per heavy atom. The Bertz CT molecular complexity index is 968. The molecule has 1 aliphatic heterocycles. The van der Waals surface area contributed by atoms with Gasteiger partial charge in [0.05, 0.1) is 13.2 Å². The number of aromatic nitrogens is 1. The number of H-pyrrole nitrogens is 1. The minimum absolute atomic E-state index is 0.0655. The van der Waals surface area contributed by atoms with Crippen molar-refractivity contribution >= 4 is 50.8 Å². The summed E-state index contributed by atoms with van der Waals surface area (Å²) in [7, 11) is 1.68. The Kier molecular flexibility index (Phi) is 4.86. The summed E-state index contributed by atoms with van der Waals surface area (Å²) in [6.45, 7) is 0.892. The SMILES string of the molecule is COc1ccc(C2c3[nH]c4ccc(Cl)cc4c3CCN2C(=S)SC)cc1. The minimum atomic E-state index is 0.0655. The maximum absolute atomic E-state index is 6.24. The molecular formula is C20H19ClN2OS2. The Labute approximate surface area is 167 Å². The number of nitrogens with zero attached hydrogens (tertiary/aromatic N) is 1. The van der Waals surface area contributed by atoms with E-state index in [1.165, 1.54) is 22.2 Å². The van der Waals surface area contributed by atoms with E-state index in [9.17, 15) is 0 Å². The molecule has 0 fully saturated rings. The van der Waals surface area contributed by atoms with Crippen LogP contribution in [0.1, 0.15) is 22.9 Å². The summed E-state index contributed by atoms with van der Waals surface area (Å²) in [6.07, 6.45) is 2.98. The number of rotatable bonds is 2. The van der Waals surface area contributed by atoms with Crippen molar-refractivity contribution in [3.05, 3.63) is 64.3 Å². The van der Waals surface area contributed by atoms with Crippen LogP contribution in [-0.2, 0) is 6.42 Å². The van der Waals surface area contributed by atoms with E-state index < -0.39 is 0 Å². The summed E-state index contributed by atoms with van der Waals surface area (Å²) in [5, 5.41) is 1.98. The summed E-state index contributed by atoms with van der Waals surface area (Å²) in [5.74, 6) is 0.854. The van der Waals surface area contributed by atoms with E-state index in [2.05, 4.69) is 34.1 Å². The first-order valence-corrected chi connectivity index (χ1v) is 10.4. The fourth-order valence-corrected chi connectivity index (χ4v) is 4.51. The van der Waals surface area contributed by atoms with Crippen molar-refractivity contribution in [3.8, 4) is 5.75 Å². The zero-order valence-corrected chi connectivity index (χ0v) is 17.0. The summed E-state index contributed by atoms with van der Waals surface area (Å²) < 4.78 is 6.23. The molecule has 3 aromatic rings. The zero-order chi connectivity index (χ0) is 18.3. The van der Waals surface area contributed by atoms with Gasteiger partial charge < -0.3 is 14.6 Å². The molecule has 2 heterocycles. The lowest BCUT2D eigenvalue weighted by atomic mass is 9.93. The average Bonchev–Trinajstić information content (AvgIpc) is 3.04. The molecule has 0 bridgehead atoms. The van der Waals surface area contributed by atoms with Crippen LogP contribution in [0.25, 0.3) is 10.9 Å². The van der Waals surface area contributed by atoms with Crippen LogP contribution >= 0.6 is 35.6 Å². The highest BCUT2D eigenvalue weighted by molar-refractivity contribution is 8.22. The van der Waals surface area contributed by atoms with Gasteiger partial charge in [0.1, 0.15) is 10.1 Å². The van der Waals surface area contributed by atoms with Crippen molar-refractivity contribution in [2.24, 2.45) is 0 Å². The zero-order valence-electron chi connectivity index (χ0n) is 14.6. The van der Waals surface area contributed by atoms with Gasteiger partial charge >= 0.3 is 0 Å². The number of nitrogens with one attached hydrogen (secondary N) is 1. The third kappa shape index (κ3) is 2.98. The molecule has 0 saturated carbocycles. The van der Waals surface area contributed by atoms with Gasteiger partial charge in [-0.3, -0.25) is 0 Å². The quantitative estimate of drug-likeness (QED) is 0.579. The van der Waals surface area contributed by atoms with Gasteiger partial charge in [0, 0.05) is 28.2 Å². The summed E-state index contributed by atoms with van der Waals surface area (Å²) in [4.78, 5) is 5.94. The number of thiocarbonyl (C=S) groups is 1. The molecule has 1 aliphatic rings. The maximum Gasteiger partial charge on any atom is 0.136 e. The molecule has 3 nitrogen and oxygen atoms in total. The van der Waals surface area contributed by atoms with E-state index in [0.717, 1.165) is 33.6 Å². The predicted octanol–water partition coefficient (Wildman–Crippen LogP) is 5.43. The molecule has 4 rings (SSSR count). The number of thioether (sulfide) groups is 1. The first kappa shape index (κ1) is 17.7. The first-order chi connectivity index (χ1) is 12.6. The number of methoxy groups -OCH3 is 1. The molecule has 26 heavy (non-hydrogen) atoms. The molecule has 0 amide bonds. The molecule has 134 valence electrons. The molecule has 1 atom stereocenters. The van der Waals surface area contributed by atoms with Gasteiger partial charge in [-0.15, -0.1) is 11.8 Å². The fraction of sp³-hybridized carbons (Fsp3) is 0.250. The second-order valence-corrected chi connectivity index (χ2v) is 8.17. The van der Waals surface area contributed by atoms with Crippen molar-refractivity contribution in [2.45, 2.75) is 12.5 Å². The highest BCUT2D eigenvalue weighted by atomic mass is 35.5. The molecule has 0 saturated heterocycles. The molecule has 2 aromatic carbocycles. The second kappa shape index (κ2) is 7.14. The maximum atomic E-state index is 6.24. The van der Waals surface area contributed by atoms with Crippen molar-refractivity contribution in [3.63, 3.8) is 0 Å². The molecule has 0 aliphatic carbocycles. The molecule has 6 heteroatoms. The van der Waals surface area contributed by atoms with Crippen molar-refractivity contribution in [1.82, 2.24) is 9.88 Å². The van der Waals surface area contributed by atoms with Gasteiger partial charge in [0.25, 0.3) is 0 Å². The largest absolute Gasteiger partial charge is 0.497 e. The Morgan fingerprint density at radius 3 is 2.73 bits per heavy atom. The summed E-state index contributed by atoms with van der Waals surface area (Å²) >= 11 is 13.5. The third-order valence-corrected chi connectivity index (χ3v) is 6.48. The van der Waals surface area contributed by atoms with Crippen LogP contribution in [-0.4, -0.2) is 34.1 Å². The van der Waals surface area contributed by atoms with Crippen LogP contribution in [0.15, 0.2) is 42.5 Å². The molecule has 1 unspecified atom stereocenters. The predicted molar refractivity (Wildman–Crippen MR) is 115 cm³/mol. The van der Waals surface area contributed by atoms with Crippen LogP contribution in [0, 0.1) is 0 Å². The number of halogens is 1. The van der Waals surface area contributed by atoms with Gasteiger partial charge in [-0.2, -0.15) is 0 Å². The first-order valence-electron chi connectivity index (χ1n) is 8.41. The number of hydrogen-bond donors (Lipinski definition) is 1. The van der Waals surface area contributed by atoms with E-state index in [-0.39, 0.29) is 6.04 Å². The minimum Gasteiger partial charge on any atom is -0.497 e. The standard InChI is InChI=1S/C20H19ClN2OS2/c1-24-14-6-3-12(4-7-14)19-18-15(9-10-23(19)20(25)26-2)16-11-13(21)5-8-17(16)22-18/h3-8,11,19,22H,9-10H2,1-2H3. The van der Waals surface area contributed by atoms with Crippen LogP contribution < -0.4 is 4.74 Å². The highest BCUT2D eigenvalue weighted by Gasteiger charge is 2.32. The molecule has 1 N–H and O–H groups in total. The molecule has 0 radical (unpaired) electrons. The van der Waals surface area contributed by atoms with Crippen LogP contribution in [0.4, 0.5) is 0 Å². The van der Waals surface area contributed by atoms with Crippen molar-refractivity contribution in [2.75, 3.05) is 19.9 Å². The second-order valence-electron chi connectivity index (χ2n) is 6.30. The van der Waals surface area contributed by atoms with Crippen LogP contribution in [0.5, 0.6) is 5.75 Å². The number of ether oxygens (including phenoxy) is 1. The highest BCUT2D eigenvalue weighted by Crippen LogP contribution is 2.40. The van der Waals surface area contributed by atoms with Crippen LogP contribution in [0.2, 0.25) is 5.02 Å². The molecule has 0 spiro atoms. The Hall–Kier alpha value is -1.69.